The molecule has 264 valence electrons. The largest absolute Gasteiger partial charge is 0.310 e. The van der Waals surface area contributed by atoms with Gasteiger partial charge in [-0.2, -0.15) is 0 Å². The SMILES string of the molecule is C=CC(=C)n1c2ccccc2c2cc(-c3ccc4c5ccc(-c6ccc7c(c6)c6c(c(=O)n7-c7ccccc7)=CCCC=6)cc5c5ccccc5c4c3)ccc21. The fraction of sp³-hybridized carbons (Fsp3) is 0.0377. The first-order chi connectivity index (χ1) is 27.6. The predicted molar refractivity (Wildman–Crippen MR) is 239 cm³/mol. The second kappa shape index (κ2) is 12.4. The summed E-state index contributed by atoms with van der Waals surface area (Å²) < 4.78 is 4.07. The number of allylic oxidation sites excluding steroid dienone is 2. The van der Waals surface area contributed by atoms with Crippen molar-refractivity contribution in [3.05, 3.63) is 192 Å². The van der Waals surface area contributed by atoms with E-state index in [0.717, 1.165) is 67.7 Å². The Balaban J connectivity index is 1.08. The second-order valence-electron chi connectivity index (χ2n) is 14.9. The van der Waals surface area contributed by atoms with Crippen LogP contribution < -0.4 is 16.0 Å². The zero-order valence-electron chi connectivity index (χ0n) is 30.8. The van der Waals surface area contributed by atoms with Crippen molar-refractivity contribution in [3.63, 3.8) is 0 Å². The van der Waals surface area contributed by atoms with E-state index in [0.29, 0.717) is 0 Å². The Bertz CT molecular complexity index is 3510. The van der Waals surface area contributed by atoms with Gasteiger partial charge in [0.15, 0.2) is 0 Å². The quantitative estimate of drug-likeness (QED) is 0.129. The summed E-state index contributed by atoms with van der Waals surface area (Å²) in [7, 11) is 0. The third kappa shape index (κ3) is 4.74. The smallest absolute Gasteiger partial charge is 0.263 e. The molecule has 0 saturated carbocycles. The maximum absolute atomic E-state index is 13.9. The molecule has 0 atom stereocenters. The highest BCUT2D eigenvalue weighted by atomic mass is 16.1. The highest BCUT2D eigenvalue weighted by Gasteiger charge is 2.16. The van der Waals surface area contributed by atoms with E-state index in [9.17, 15) is 4.79 Å². The molecule has 0 amide bonds. The highest BCUT2D eigenvalue weighted by molar-refractivity contribution is 6.26. The van der Waals surface area contributed by atoms with Gasteiger partial charge in [0, 0.05) is 32.8 Å². The van der Waals surface area contributed by atoms with Gasteiger partial charge in [-0.05, 0) is 133 Å². The summed E-state index contributed by atoms with van der Waals surface area (Å²) in [6.45, 7) is 8.28. The van der Waals surface area contributed by atoms with E-state index < -0.39 is 0 Å². The lowest BCUT2D eigenvalue weighted by Gasteiger charge is -2.16. The number of fused-ring (bicyclic) bond motifs is 12. The van der Waals surface area contributed by atoms with Gasteiger partial charge in [-0.25, -0.2) is 0 Å². The number of nitrogens with zero attached hydrogens (tertiary/aromatic N) is 2. The van der Waals surface area contributed by atoms with Crippen molar-refractivity contribution >= 4 is 82.9 Å². The van der Waals surface area contributed by atoms with Gasteiger partial charge in [0.2, 0.25) is 0 Å². The minimum Gasteiger partial charge on any atom is -0.310 e. The monoisotopic (exact) mass is 716 g/mol. The van der Waals surface area contributed by atoms with Gasteiger partial charge in [0.05, 0.1) is 16.6 Å². The van der Waals surface area contributed by atoms with Crippen LogP contribution in [0.25, 0.3) is 111 Å². The summed E-state index contributed by atoms with van der Waals surface area (Å²) in [6, 6.07) is 54.4. The minimum atomic E-state index is 0.0394. The van der Waals surface area contributed by atoms with Gasteiger partial charge in [-0.15, -0.1) is 0 Å². The molecule has 8 aromatic carbocycles. The fourth-order valence-corrected chi connectivity index (χ4v) is 9.19. The van der Waals surface area contributed by atoms with Crippen LogP contribution in [-0.4, -0.2) is 9.13 Å². The Morgan fingerprint density at radius 2 is 0.946 bits per heavy atom. The van der Waals surface area contributed by atoms with Crippen molar-refractivity contribution in [2.75, 3.05) is 0 Å². The first-order valence-corrected chi connectivity index (χ1v) is 19.3. The first-order valence-electron chi connectivity index (χ1n) is 19.3. The summed E-state index contributed by atoms with van der Waals surface area (Å²) >= 11 is 0. The molecule has 11 rings (SSSR count). The fourth-order valence-electron chi connectivity index (χ4n) is 9.19. The summed E-state index contributed by atoms with van der Waals surface area (Å²) in [6.07, 6.45) is 7.98. The molecule has 0 unspecified atom stereocenters. The van der Waals surface area contributed by atoms with Crippen LogP contribution in [0.1, 0.15) is 12.8 Å². The molecule has 2 aromatic heterocycles. The average molecular weight is 717 g/mol. The van der Waals surface area contributed by atoms with Crippen molar-refractivity contribution < 1.29 is 0 Å². The number of hydrogen-bond donors (Lipinski definition) is 0. The topological polar surface area (TPSA) is 26.9 Å². The molecule has 0 fully saturated rings. The van der Waals surface area contributed by atoms with E-state index in [2.05, 4.69) is 151 Å². The predicted octanol–water partition coefficient (Wildman–Crippen LogP) is 11.9. The first kappa shape index (κ1) is 32.2. The van der Waals surface area contributed by atoms with Gasteiger partial charge in [0.1, 0.15) is 0 Å². The molecule has 0 saturated heterocycles. The molecule has 56 heavy (non-hydrogen) atoms. The van der Waals surface area contributed by atoms with E-state index in [1.807, 2.05) is 41.0 Å². The van der Waals surface area contributed by atoms with E-state index in [-0.39, 0.29) is 5.56 Å². The molecule has 1 aliphatic rings. The zero-order valence-corrected chi connectivity index (χ0v) is 30.8. The third-order valence-corrected chi connectivity index (χ3v) is 11.8. The number of aromatic nitrogens is 2. The molecular weight excluding hydrogens is 681 g/mol. The van der Waals surface area contributed by atoms with Crippen molar-refractivity contribution in [3.8, 4) is 27.9 Å². The Kier molecular flexibility index (Phi) is 7.14. The Morgan fingerprint density at radius 1 is 0.464 bits per heavy atom. The van der Waals surface area contributed by atoms with Crippen LogP contribution in [0.15, 0.2) is 176 Å². The number of para-hydroxylation sites is 2. The summed E-state index contributed by atoms with van der Waals surface area (Å²) in [5, 5.41) is 12.7. The maximum atomic E-state index is 13.9. The molecule has 3 heteroatoms. The third-order valence-electron chi connectivity index (χ3n) is 11.8. The molecule has 1 aliphatic carbocycles. The normalized spacial score (nSPS) is 12.6. The van der Waals surface area contributed by atoms with Crippen molar-refractivity contribution in [2.24, 2.45) is 0 Å². The molecule has 0 aliphatic heterocycles. The van der Waals surface area contributed by atoms with Gasteiger partial charge in [-0.3, -0.25) is 9.36 Å². The van der Waals surface area contributed by atoms with Crippen molar-refractivity contribution in [1.29, 1.82) is 0 Å². The van der Waals surface area contributed by atoms with Gasteiger partial charge in [0.25, 0.3) is 5.56 Å². The summed E-state index contributed by atoms with van der Waals surface area (Å²) in [5.74, 6) is 0. The minimum absolute atomic E-state index is 0.0394. The van der Waals surface area contributed by atoms with Crippen LogP contribution in [-0.2, 0) is 0 Å². The number of pyridine rings is 1. The van der Waals surface area contributed by atoms with Crippen molar-refractivity contribution in [1.82, 2.24) is 9.13 Å². The van der Waals surface area contributed by atoms with Crippen LogP contribution in [0.5, 0.6) is 0 Å². The molecule has 0 radical (unpaired) electrons. The highest BCUT2D eigenvalue weighted by Crippen LogP contribution is 2.40. The summed E-state index contributed by atoms with van der Waals surface area (Å²) in [4.78, 5) is 13.9. The number of benzene rings is 8. The van der Waals surface area contributed by atoms with Crippen molar-refractivity contribution in [2.45, 2.75) is 12.8 Å². The molecule has 0 N–H and O–H groups in total. The Labute approximate surface area is 323 Å². The molecule has 3 nitrogen and oxygen atoms in total. The van der Waals surface area contributed by atoms with Crippen LogP contribution >= 0.6 is 0 Å². The van der Waals surface area contributed by atoms with Gasteiger partial charge < -0.3 is 4.57 Å². The van der Waals surface area contributed by atoms with Gasteiger partial charge in [-0.1, -0.05) is 122 Å². The lowest BCUT2D eigenvalue weighted by Crippen LogP contribution is -2.45. The van der Waals surface area contributed by atoms with Crippen LogP contribution in [0.3, 0.4) is 0 Å². The lowest BCUT2D eigenvalue weighted by molar-refractivity contribution is 1.00. The lowest BCUT2D eigenvalue weighted by atomic mass is 9.90. The van der Waals surface area contributed by atoms with Gasteiger partial charge >= 0.3 is 0 Å². The maximum Gasteiger partial charge on any atom is 0.263 e. The molecular formula is C53H36N2O. The second-order valence-corrected chi connectivity index (χ2v) is 14.9. The van der Waals surface area contributed by atoms with E-state index in [1.54, 1.807) is 0 Å². The van der Waals surface area contributed by atoms with E-state index >= 15 is 0 Å². The number of rotatable bonds is 5. The van der Waals surface area contributed by atoms with E-state index in [1.165, 1.54) is 54.2 Å². The number of hydrogen-bond acceptors (Lipinski definition) is 1. The van der Waals surface area contributed by atoms with Crippen LogP contribution in [0.4, 0.5) is 0 Å². The van der Waals surface area contributed by atoms with Crippen LogP contribution in [0, 0.1) is 0 Å². The molecule has 0 bridgehead atoms. The molecule has 10 aromatic rings. The molecule has 2 heterocycles. The Hall–Kier alpha value is -7.23. The summed E-state index contributed by atoms with van der Waals surface area (Å²) in [5.41, 5.74) is 9.61. The molecule has 0 spiro atoms. The standard InChI is InChI=1S/C53H36N2O/c1-3-33(2)54-50-20-12-11-18-44(50)49-32-37(23-27-51(49)54)35-22-26-43-42-25-21-34(29-46(42)39-15-7-8-16-40(39)47(43)30-35)36-24-28-52-48(31-36)41-17-9-10-19-45(41)53(56)55(52)38-13-5-4-6-14-38/h3-8,11-32H,1-2,9-10H2. The Morgan fingerprint density at radius 3 is 1.59 bits per heavy atom. The zero-order chi connectivity index (χ0) is 37.5. The average Bonchev–Trinajstić information content (AvgIpc) is 3.60. The van der Waals surface area contributed by atoms with E-state index in [4.69, 9.17) is 0 Å². The van der Waals surface area contributed by atoms with Crippen LogP contribution in [0.2, 0.25) is 0 Å².